The lowest BCUT2D eigenvalue weighted by atomic mass is 10.3. The van der Waals surface area contributed by atoms with Gasteiger partial charge in [-0.3, -0.25) is 0 Å². The fourth-order valence-corrected chi connectivity index (χ4v) is 3.64. The van der Waals surface area contributed by atoms with Gasteiger partial charge >= 0.3 is 0 Å². The molecule has 5 nitrogen and oxygen atoms in total. The molecule has 1 fully saturated rings. The highest BCUT2D eigenvalue weighted by Gasteiger charge is 2.24. The second-order valence-electron chi connectivity index (χ2n) is 4.43. The van der Waals surface area contributed by atoms with E-state index in [1.54, 1.807) is 25.3 Å². The SMILES string of the molecule is CC(NS(=O)(=O)CC1CCCN1)c1ccco1. The summed E-state index contributed by atoms with van der Waals surface area (Å²) in [4.78, 5) is 0. The van der Waals surface area contributed by atoms with E-state index in [-0.39, 0.29) is 17.8 Å². The maximum atomic E-state index is 11.9. The van der Waals surface area contributed by atoms with Crippen molar-refractivity contribution in [1.82, 2.24) is 10.0 Å². The highest BCUT2D eigenvalue weighted by molar-refractivity contribution is 7.89. The molecule has 2 N–H and O–H groups in total. The third kappa shape index (κ3) is 3.55. The number of furan rings is 1. The van der Waals surface area contributed by atoms with Crippen LogP contribution in [-0.2, 0) is 10.0 Å². The molecule has 2 unspecified atom stereocenters. The molecular weight excluding hydrogens is 240 g/mol. The first-order valence-corrected chi connectivity index (χ1v) is 7.49. The van der Waals surface area contributed by atoms with Crippen molar-refractivity contribution in [3.05, 3.63) is 24.2 Å². The smallest absolute Gasteiger partial charge is 0.213 e. The van der Waals surface area contributed by atoms with Gasteiger partial charge in [0.25, 0.3) is 0 Å². The number of nitrogens with one attached hydrogen (secondary N) is 2. The fourth-order valence-electron chi connectivity index (χ4n) is 2.08. The van der Waals surface area contributed by atoms with Crippen molar-refractivity contribution in [1.29, 1.82) is 0 Å². The molecule has 0 amide bonds. The van der Waals surface area contributed by atoms with Crippen LogP contribution in [-0.4, -0.2) is 26.8 Å². The van der Waals surface area contributed by atoms with E-state index in [0.29, 0.717) is 5.76 Å². The molecule has 1 aromatic rings. The predicted molar refractivity (Wildman–Crippen MR) is 65.1 cm³/mol. The largest absolute Gasteiger partial charge is 0.468 e. The maximum absolute atomic E-state index is 11.9. The number of hydrogen-bond donors (Lipinski definition) is 2. The van der Waals surface area contributed by atoms with E-state index in [9.17, 15) is 8.42 Å². The monoisotopic (exact) mass is 258 g/mol. The second-order valence-corrected chi connectivity index (χ2v) is 6.23. The van der Waals surface area contributed by atoms with Gasteiger partial charge in [0.15, 0.2) is 0 Å². The van der Waals surface area contributed by atoms with Crippen LogP contribution in [0.2, 0.25) is 0 Å². The molecule has 0 spiro atoms. The Morgan fingerprint density at radius 3 is 3.06 bits per heavy atom. The minimum Gasteiger partial charge on any atom is -0.468 e. The predicted octanol–water partition coefficient (Wildman–Crippen LogP) is 1.01. The number of rotatable bonds is 5. The molecule has 2 atom stereocenters. The first-order chi connectivity index (χ1) is 8.07. The summed E-state index contributed by atoms with van der Waals surface area (Å²) in [5.74, 6) is 0.769. The lowest BCUT2D eigenvalue weighted by molar-refractivity contribution is 0.458. The molecule has 1 aromatic heterocycles. The molecule has 1 saturated heterocycles. The van der Waals surface area contributed by atoms with Crippen LogP contribution in [0.5, 0.6) is 0 Å². The standard InChI is InChI=1S/C11H18N2O3S/c1-9(11-5-3-7-16-11)13-17(14,15)8-10-4-2-6-12-10/h3,5,7,9-10,12-13H,2,4,6,8H2,1H3. The molecule has 6 heteroatoms. The van der Waals surface area contributed by atoms with Crippen molar-refractivity contribution in [3.8, 4) is 0 Å². The minimum atomic E-state index is -3.26. The Bertz CT molecular complexity index is 435. The van der Waals surface area contributed by atoms with Gasteiger partial charge < -0.3 is 9.73 Å². The summed E-state index contributed by atoms with van der Waals surface area (Å²) in [5, 5.41) is 3.18. The van der Waals surface area contributed by atoms with Crippen molar-refractivity contribution in [2.75, 3.05) is 12.3 Å². The Hall–Kier alpha value is -0.850. The first kappa shape index (κ1) is 12.6. The zero-order valence-electron chi connectivity index (χ0n) is 9.85. The van der Waals surface area contributed by atoms with Gasteiger partial charge in [0, 0.05) is 6.04 Å². The van der Waals surface area contributed by atoms with Crippen molar-refractivity contribution < 1.29 is 12.8 Å². The van der Waals surface area contributed by atoms with E-state index in [0.717, 1.165) is 19.4 Å². The van der Waals surface area contributed by atoms with E-state index in [1.807, 2.05) is 0 Å². The topological polar surface area (TPSA) is 71.3 Å². The van der Waals surface area contributed by atoms with Crippen LogP contribution in [0.1, 0.15) is 31.6 Å². The van der Waals surface area contributed by atoms with Crippen molar-refractivity contribution >= 4 is 10.0 Å². The van der Waals surface area contributed by atoms with Crippen molar-refractivity contribution in [3.63, 3.8) is 0 Å². The van der Waals surface area contributed by atoms with Gasteiger partial charge in [-0.2, -0.15) is 0 Å². The van der Waals surface area contributed by atoms with E-state index in [2.05, 4.69) is 10.0 Å². The zero-order chi connectivity index (χ0) is 12.3. The Labute approximate surface area is 102 Å². The van der Waals surface area contributed by atoms with Crippen LogP contribution in [0, 0.1) is 0 Å². The quantitative estimate of drug-likeness (QED) is 0.827. The van der Waals surface area contributed by atoms with Crippen LogP contribution in [0.25, 0.3) is 0 Å². The average Bonchev–Trinajstić information content (AvgIpc) is 2.85. The maximum Gasteiger partial charge on any atom is 0.213 e. The third-order valence-electron chi connectivity index (χ3n) is 2.91. The Kier molecular flexibility index (Phi) is 3.86. The van der Waals surface area contributed by atoms with E-state index in [1.165, 1.54) is 0 Å². The van der Waals surface area contributed by atoms with Gasteiger partial charge in [-0.1, -0.05) is 0 Å². The highest BCUT2D eigenvalue weighted by atomic mass is 32.2. The molecule has 0 radical (unpaired) electrons. The molecule has 1 aliphatic heterocycles. The molecule has 96 valence electrons. The molecular formula is C11H18N2O3S. The van der Waals surface area contributed by atoms with E-state index in [4.69, 9.17) is 4.42 Å². The first-order valence-electron chi connectivity index (χ1n) is 5.83. The second kappa shape index (κ2) is 5.20. The summed E-state index contributed by atoms with van der Waals surface area (Å²) >= 11 is 0. The van der Waals surface area contributed by atoms with Crippen molar-refractivity contribution in [2.24, 2.45) is 0 Å². The van der Waals surface area contributed by atoms with Crippen molar-refractivity contribution in [2.45, 2.75) is 31.8 Å². The Morgan fingerprint density at radius 1 is 1.65 bits per heavy atom. The normalized spacial score (nSPS) is 22.8. The Morgan fingerprint density at radius 2 is 2.47 bits per heavy atom. The molecule has 0 bridgehead atoms. The zero-order valence-corrected chi connectivity index (χ0v) is 10.7. The average molecular weight is 258 g/mol. The van der Waals surface area contributed by atoms with Gasteiger partial charge in [-0.05, 0) is 38.4 Å². The molecule has 2 rings (SSSR count). The van der Waals surface area contributed by atoms with Crippen LogP contribution >= 0.6 is 0 Å². The molecule has 0 aromatic carbocycles. The fraction of sp³-hybridized carbons (Fsp3) is 0.636. The lowest BCUT2D eigenvalue weighted by Gasteiger charge is -2.15. The molecule has 2 heterocycles. The van der Waals surface area contributed by atoms with Gasteiger partial charge in [0.05, 0.1) is 18.1 Å². The summed E-state index contributed by atoms with van der Waals surface area (Å²) in [5.41, 5.74) is 0. The summed E-state index contributed by atoms with van der Waals surface area (Å²) in [6, 6.07) is 3.27. The minimum absolute atomic E-state index is 0.0799. The van der Waals surface area contributed by atoms with Gasteiger partial charge in [0.1, 0.15) is 5.76 Å². The lowest BCUT2D eigenvalue weighted by Crippen LogP contribution is -2.37. The van der Waals surface area contributed by atoms with Gasteiger partial charge in [0.2, 0.25) is 10.0 Å². The summed E-state index contributed by atoms with van der Waals surface area (Å²) in [7, 11) is -3.26. The van der Waals surface area contributed by atoms with Crippen LogP contribution in [0.15, 0.2) is 22.8 Å². The van der Waals surface area contributed by atoms with Crippen LogP contribution in [0.4, 0.5) is 0 Å². The number of sulfonamides is 1. The number of hydrogen-bond acceptors (Lipinski definition) is 4. The Balaban J connectivity index is 1.92. The molecule has 17 heavy (non-hydrogen) atoms. The molecule has 1 aliphatic rings. The highest BCUT2D eigenvalue weighted by Crippen LogP contribution is 2.14. The third-order valence-corrected chi connectivity index (χ3v) is 4.46. The van der Waals surface area contributed by atoms with Crippen LogP contribution < -0.4 is 10.0 Å². The summed E-state index contributed by atoms with van der Waals surface area (Å²) < 4.78 is 31.6. The van der Waals surface area contributed by atoms with Gasteiger partial charge in [-0.15, -0.1) is 0 Å². The summed E-state index contributed by atoms with van der Waals surface area (Å²) in [6.45, 7) is 2.69. The van der Waals surface area contributed by atoms with Gasteiger partial charge in [-0.25, -0.2) is 13.1 Å². The van der Waals surface area contributed by atoms with Crippen LogP contribution in [0.3, 0.4) is 0 Å². The molecule has 0 aliphatic carbocycles. The van der Waals surface area contributed by atoms with E-state index < -0.39 is 10.0 Å². The molecule has 0 saturated carbocycles. The summed E-state index contributed by atoms with van der Waals surface area (Å²) in [6.07, 6.45) is 3.52. The van der Waals surface area contributed by atoms with E-state index >= 15 is 0 Å².